The molecule has 0 aliphatic carbocycles. The van der Waals surface area contributed by atoms with Gasteiger partial charge in [-0.05, 0) is 24.1 Å². The maximum atomic E-state index is 11.6. The number of rotatable bonds is 7. The standard InChI is InChI=1S/C14H20N2O4/c1-16(2)11-6-3-10(4-7-11)5-8-13(18)15-12(9-17)14(19)20/h3-4,6-7,12,17H,5,8-9H2,1-2H3,(H,15,18)(H,19,20). The van der Waals surface area contributed by atoms with E-state index in [0.717, 1.165) is 11.3 Å². The average molecular weight is 280 g/mol. The molecular weight excluding hydrogens is 260 g/mol. The van der Waals surface area contributed by atoms with E-state index >= 15 is 0 Å². The van der Waals surface area contributed by atoms with Crippen LogP contribution < -0.4 is 10.2 Å². The molecule has 6 heteroatoms. The van der Waals surface area contributed by atoms with Gasteiger partial charge in [-0.25, -0.2) is 4.79 Å². The van der Waals surface area contributed by atoms with Crippen LogP contribution in [0.1, 0.15) is 12.0 Å². The van der Waals surface area contributed by atoms with Crippen molar-refractivity contribution in [2.24, 2.45) is 0 Å². The first-order valence-corrected chi connectivity index (χ1v) is 6.33. The van der Waals surface area contributed by atoms with Gasteiger partial charge < -0.3 is 20.4 Å². The second-order valence-electron chi connectivity index (χ2n) is 4.70. The Morgan fingerprint density at radius 1 is 1.25 bits per heavy atom. The van der Waals surface area contributed by atoms with Crippen molar-refractivity contribution in [1.29, 1.82) is 0 Å². The van der Waals surface area contributed by atoms with E-state index in [0.29, 0.717) is 6.42 Å². The third-order valence-electron chi connectivity index (χ3n) is 2.91. The number of carbonyl (C=O) groups is 2. The third kappa shape index (κ3) is 4.89. The zero-order valence-electron chi connectivity index (χ0n) is 11.7. The number of carbonyl (C=O) groups excluding carboxylic acids is 1. The van der Waals surface area contributed by atoms with Crippen molar-refractivity contribution >= 4 is 17.6 Å². The number of hydrogen-bond acceptors (Lipinski definition) is 4. The Morgan fingerprint density at radius 2 is 1.85 bits per heavy atom. The van der Waals surface area contributed by atoms with Crippen molar-refractivity contribution in [2.45, 2.75) is 18.9 Å². The highest BCUT2D eigenvalue weighted by Gasteiger charge is 2.18. The Labute approximate surface area is 118 Å². The van der Waals surface area contributed by atoms with Crippen LogP contribution in [-0.4, -0.2) is 48.8 Å². The highest BCUT2D eigenvalue weighted by Crippen LogP contribution is 2.13. The summed E-state index contributed by atoms with van der Waals surface area (Å²) < 4.78 is 0. The Morgan fingerprint density at radius 3 is 2.30 bits per heavy atom. The van der Waals surface area contributed by atoms with Crippen LogP contribution in [0.4, 0.5) is 5.69 Å². The van der Waals surface area contributed by atoms with Crippen molar-refractivity contribution in [3.05, 3.63) is 29.8 Å². The first-order valence-electron chi connectivity index (χ1n) is 6.33. The molecule has 0 radical (unpaired) electrons. The van der Waals surface area contributed by atoms with Crippen LogP contribution in [-0.2, 0) is 16.0 Å². The minimum atomic E-state index is -1.24. The van der Waals surface area contributed by atoms with Gasteiger partial charge in [0.1, 0.15) is 6.04 Å². The van der Waals surface area contributed by atoms with E-state index in [2.05, 4.69) is 5.32 Å². The lowest BCUT2D eigenvalue weighted by Gasteiger charge is -2.13. The molecule has 0 aliphatic rings. The molecular formula is C14H20N2O4. The number of anilines is 1. The van der Waals surface area contributed by atoms with Gasteiger partial charge in [0, 0.05) is 26.2 Å². The molecule has 1 atom stereocenters. The predicted octanol–water partition coefficient (Wildman–Crippen LogP) is 0.247. The number of aliphatic hydroxyl groups is 1. The van der Waals surface area contributed by atoms with Gasteiger partial charge in [-0.3, -0.25) is 4.79 Å². The van der Waals surface area contributed by atoms with Crippen molar-refractivity contribution in [3.8, 4) is 0 Å². The lowest BCUT2D eigenvalue weighted by molar-refractivity contribution is -0.142. The van der Waals surface area contributed by atoms with Gasteiger partial charge in [-0.2, -0.15) is 0 Å². The molecule has 0 aliphatic heterocycles. The summed E-state index contributed by atoms with van der Waals surface area (Å²) in [5.41, 5.74) is 2.08. The summed E-state index contributed by atoms with van der Waals surface area (Å²) in [7, 11) is 3.90. The van der Waals surface area contributed by atoms with E-state index in [1.54, 1.807) is 0 Å². The van der Waals surface area contributed by atoms with Gasteiger partial charge >= 0.3 is 5.97 Å². The summed E-state index contributed by atoms with van der Waals surface area (Å²) in [4.78, 5) is 24.2. The molecule has 110 valence electrons. The molecule has 0 fully saturated rings. The van der Waals surface area contributed by atoms with Crippen LogP contribution in [0, 0.1) is 0 Å². The second-order valence-corrected chi connectivity index (χ2v) is 4.70. The number of aliphatic hydroxyl groups excluding tert-OH is 1. The largest absolute Gasteiger partial charge is 0.480 e. The summed E-state index contributed by atoms with van der Waals surface area (Å²) >= 11 is 0. The molecule has 0 bridgehead atoms. The topological polar surface area (TPSA) is 89.9 Å². The SMILES string of the molecule is CN(C)c1ccc(CCC(=O)NC(CO)C(=O)O)cc1. The molecule has 1 aromatic rings. The number of aliphatic carboxylic acids is 1. The van der Waals surface area contributed by atoms with Crippen molar-refractivity contribution < 1.29 is 19.8 Å². The normalized spacial score (nSPS) is 11.8. The number of aryl methyl sites for hydroxylation is 1. The molecule has 6 nitrogen and oxygen atoms in total. The number of nitrogens with zero attached hydrogens (tertiary/aromatic N) is 1. The molecule has 0 aromatic heterocycles. The van der Waals surface area contributed by atoms with E-state index in [4.69, 9.17) is 10.2 Å². The fourth-order valence-electron chi connectivity index (χ4n) is 1.67. The molecule has 0 heterocycles. The van der Waals surface area contributed by atoms with Gasteiger partial charge in [0.05, 0.1) is 6.61 Å². The lowest BCUT2D eigenvalue weighted by atomic mass is 10.1. The zero-order valence-corrected chi connectivity index (χ0v) is 11.7. The third-order valence-corrected chi connectivity index (χ3v) is 2.91. The van der Waals surface area contributed by atoms with Gasteiger partial charge in [0.2, 0.25) is 5.91 Å². The van der Waals surface area contributed by atoms with Crippen molar-refractivity contribution in [2.75, 3.05) is 25.6 Å². The van der Waals surface area contributed by atoms with Crippen LogP contribution in [0.15, 0.2) is 24.3 Å². The molecule has 0 saturated heterocycles. The van der Waals surface area contributed by atoms with Crippen LogP contribution in [0.25, 0.3) is 0 Å². The molecule has 1 amide bonds. The van der Waals surface area contributed by atoms with Crippen LogP contribution >= 0.6 is 0 Å². The van der Waals surface area contributed by atoms with E-state index < -0.39 is 18.6 Å². The smallest absolute Gasteiger partial charge is 0.328 e. The number of carboxylic acids is 1. The molecule has 1 rings (SSSR count). The fourth-order valence-corrected chi connectivity index (χ4v) is 1.67. The van der Waals surface area contributed by atoms with E-state index in [9.17, 15) is 9.59 Å². The highest BCUT2D eigenvalue weighted by molar-refractivity contribution is 5.83. The first-order chi connectivity index (χ1) is 9.43. The quantitative estimate of drug-likeness (QED) is 0.666. The molecule has 1 unspecified atom stereocenters. The first kappa shape index (κ1) is 16.0. The number of amides is 1. The van der Waals surface area contributed by atoms with Crippen LogP contribution in [0.3, 0.4) is 0 Å². The van der Waals surface area contributed by atoms with Crippen LogP contribution in [0.5, 0.6) is 0 Å². The molecule has 0 spiro atoms. The minimum absolute atomic E-state index is 0.186. The van der Waals surface area contributed by atoms with Gasteiger partial charge in [-0.15, -0.1) is 0 Å². The molecule has 3 N–H and O–H groups in total. The maximum Gasteiger partial charge on any atom is 0.328 e. The van der Waals surface area contributed by atoms with Crippen molar-refractivity contribution in [3.63, 3.8) is 0 Å². The number of hydrogen-bond donors (Lipinski definition) is 3. The fraction of sp³-hybridized carbons (Fsp3) is 0.429. The monoisotopic (exact) mass is 280 g/mol. The zero-order chi connectivity index (χ0) is 15.1. The minimum Gasteiger partial charge on any atom is -0.480 e. The molecule has 20 heavy (non-hydrogen) atoms. The Kier molecular flexibility index (Phi) is 5.99. The summed E-state index contributed by atoms with van der Waals surface area (Å²) in [6.45, 7) is -0.612. The summed E-state index contributed by atoms with van der Waals surface area (Å²) in [5, 5.41) is 19.8. The van der Waals surface area contributed by atoms with E-state index in [-0.39, 0.29) is 12.3 Å². The predicted molar refractivity (Wildman–Crippen MR) is 75.7 cm³/mol. The lowest BCUT2D eigenvalue weighted by Crippen LogP contribution is -2.43. The second kappa shape index (κ2) is 7.49. The average Bonchev–Trinajstić information content (AvgIpc) is 2.42. The Balaban J connectivity index is 2.46. The van der Waals surface area contributed by atoms with Crippen molar-refractivity contribution in [1.82, 2.24) is 5.32 Å². The van der Waals surface area contributed by atoms with E-state index in [1.165, 1.54) is 0 Å². The number of carboxylic acid groups (broad SMARTS) is 1. The van der Waals surface area contributed by atoms with Gasteiger partial charge in [-0.1, -0.05) is 12.1 Å². The summed E-state index contributed by atoms with van der Waals surface area (Å²) in [6.07, 6.45) is 0.711. The van der Waals surface area contributed by atoms with Crippen LogP contribution in [0.2, 0.25) is 0 Å². The highest BCUT2D eigenvalue weighted by atomic mass is 16.4. The van der Waals surface area contributed by atoms with Gasteiger partial charge in [0.25, 0.3) is 0 Å². The number of nitrogens with one attached hydrogen (secondary N) is 1. The summed E-state index contributed by atoms with van der Waals surface area (Å²) in [5.74, 6) is -1.63. The molecule has 0 saturated carbocycles. The summed E-state index contributed by atoms with van der Waals surface area (Å²) in [6, 6.07) is 6.55. The van der Waals surface area contributed by atoms with E-state index in [1.807, 2.05) is 43.3 Å². The molecule has 1 aromatic carbocycles. The number of benzene rings is 1. The Bertz CT molecular complexity index is 457. The maximum absolute atomic E-state index is 11.6. The Hall–Kier alpha value is -2.08. The van der Waals surface area contributed by atoms with Gasteiger partial charge in [0.15, 0.2) is 0 Å².